The molecule has 0 radical (unpaired) electrons. The minimum Gasteiger partial charge on any atom is -0.310 e. The molecule has 0 unspecified atom stereocenters. The molecule has 1 aromatic carbocycles. The summed E-state index contributed by atoms with van der Waals surface area (Å²) in [5.74, 6) is 0.438. The molecule has 1 atom stereocenters. The number of thioether (sulfide) groups is 1. The molecule has 0 bridgehead atoms. The van der Waals surface area contributed by atoms with Gasteiger partial charge >= 0.3 is 0 Å². The Kier molecular flexibility index (Phi) is 5.26. The molecular formula is C16H17ClN2OS. The Morgan fingerprint density at radius 2 is 2.05 bits per heavy atom. The van der Waals surface area contributed by atoms with Crippen molar-refractivity contribution in [3.05, 3.63) is 52.7 Å². The van der Waals surface area contributed by atoms with Gasteiger partial charge in [0, 0.05) is 11.1 Å². The summed E-state index contributed by atoms with van der Waals surface area (Å²) < 4.78 is 0. The normalized spacial score (nSPS) is 12.0. The topological polar surface area (TPSA) is 42.0 Å². The highest BCUT2D eigenvalue weighted by Gasteiger charge is 2.16. The highest BCUT2D eigenvalue weighted by atomic mass is 35.5. The molecule has 21 heavy (non-hydrogen) atoms. The van der Waals surface area contributed by atoms with E-state index in [2.05, 4.69) is 28.5 Å². The van der Waals surface area contributed by atoms with Gasteiger partial charge in [0.2, 0.25) is 5.91 Å². The van der Waals surface area contributed by atoms with Gasteiger partial charge in [0.25, 0.3) is 0 Å². The van der Waals surface area contributed by atoms with Crippen molar-refractivity contribution in [3.8, 4) is 0 Å². The predicted molar refractivity (Wildman–Crippen MR) is 89.1 cm³/mol. The molecule has 0 fully saturated rings. The van der Waals surface area contributed by atoms with Crippen molar-refractivity contribution in [1.82, 2.24) is 4.98 Å². The summed E-state index contributed by atoms with van der Waals surface area (Å²) in [6, 6.07) is 9.64. The zero-order valence-electron chi connectivity index (χ0n) is 12.2. The Balaban J connectivity index is 2.02. The van der Waals surface area contributed by atoms with Crippen LogP contribution in [-0.2, 0) is 4.79 Å². The average molecular weight is 321 g/mol. The quantitative estimate of drug-likeness (QED) is 0.845. The van der Waals surface area contributed by atoms with Crippen LogP contribution in [-0.4, -0.2) is 16.1 Å². The van der Waals surface area contributed by atoms with Gasteiger partial charge in [-0.3, -0.25) is 4.79 Å². The predicted octanol–water partition coefficient (Wildman–Crippen LogP) is 4.47. The summed E-state index contributed by atoms with van der Waals surface area (Å²) in [6.45, 7) is 5.98. The highest BCUT2D eigenvalue weighted by Crippen LogP contribution is 2.28. The van der Waals surface area contributed by atoms with Crippen molar-refractivity contribution in [2.45, 2.75) is 30.9 Å². The Bertz CT molecular complexity index is 643. The minimum absolute atomic E-state index is 0.0734. The van der Waals surface area contributed by atoms with E-state index in [0.29, 0.717) is 10.8 Å². The van der Waals surface area contributed by atoms with Crippen LogP contribution in [0.2, 0.25) is 5.02 Å². The van der Waals surface area contributed by atoms with E-state index in [1.165, 1.54) is 17.3 Å². The van der Waals surface area contributed by atoms with Crippen LogP contribution in [0, 0.1) is 13.8 Å². The fourth-order valence-corrected chi connectivity index (χ4v) is 2.92. The van der Waals surface area contributed by atoms with E-state index in [1.807, 2.05) is 20.8 Å². The summed E-state index contributed by atoms with van der Waals surface area (Å²) in [6.07, 6.45) is 1.51. The number of amides is 1. The number of carbonyl (C=O) groups excluding carboxylic acids is 1. The first-order valence-electron chi connectivity index (χ1n) is 6.62. The highest BCUT2D eigenvalue weighted by molar-refractivity contribution is 8.00. The molecule has 0 saturated heterocycles. The lowest BCUT2D eigenvalue weighted by atomic mass is 10.2. The minimum atomic E-state index is -0.206. The monoisotopic (exact) mass is 320 g/mol. The van der Waals surface area contributed by atoms with Crippen molar-refractivity contribution in [3.63, 3.8) is 0 Å². The van der Waals surface area contributed by atoms with Gasteiger partial charge in [-0.05, 0) is 44.5 Å². The fourth-order valence-electron chi connectivity index (χ4n) is 1.76. The third kappa shape index (κ3) is 4.48. The first kappa shape index (κ1) is 15.9. The second-order valence-corrected chi connectivity index (χ2v) is 6.70. The molecule has 1 N–H and O–H groups in total. The molecule has 0 saturated carbocycles. The molecule has 0 aliphatic heterocycles. The lowest BCUT2D eigenvalue weighted by Crippen LogP contribution is -2.23. The number of aryl methyl sites for hydroxylation is 2. The number of nitrogens with zero attached hydrogens (tertiary/aromatic N) is 1. The molecule has 1 aromatic heterocycles. The number of nitrogens with one attached hydrogen (secondary N) is 1. The van der Waals surface area contributed by atoms with Crippen molar-refractivity contribution < 1.29 is 4.79 Å². The third-order valence-electron chi connectivity index (χ3n) is 3.00. The lowest BCUT2D eigenvalue weighted by Gasteiger charge is -2.13. The van der Waals surface area contributed by atoms with Crippen molar-refractivity contribution >= 4 is 35.1 Å². The number of hydrogen-bond acceptors (Lipinski definition) is 3. The summed E-state index contributed by atoms with van der Waals surface area (Å²) in [5.41, 5.74) is 2.37. The van der Waals surface area contributed by atoms with Crippen molar-refractivity contribution in [2.24, 2.45) is 0 Å². The largest absolute Gasteiger partial charge is 0.310 e. The van der Waals surface area contributed by atoms with Gasteiger partial charge in [0.1, 0.15) is 5.82 Å². The average Bonchev–Trinajstić information content (AvgIpc) is 2.45. The Labute approximate surface area is 134 Å². The number of carbonyl (C=O) groups is 1. The molecule has 1 heterocycles. The second-order valence-electron chi connectivity index (χ2n) is 4.88. The first-order valence-corrected chi connectivity index (χ1v) is 7.88. The SMILES string of the molecule is Cc1ccc(C)c(S[C@H](C)C(=O)Nc2ccc(Cl)cn2)c1. The van der Waals surface area contributed by atoms with Gasteiger partial charge in [-0.25, -0.2) is 4.98 Å². The summed E-state index contributed by atoms with van der Waals surface area (Å²) in [4.78, 5) is 17.4. The summed E-state index contributed by atoms with van der Waals surface area (Å²) in [5, 5.41) is 3.14. The number of rotatable bonds is 4. The smallest absolute Gasteiger partial charge is 0.238 e. The van der Waals surface area contributed by atoms with E-state index in [1.54, 1.807) is 23.9 Å². The first-order chi connectivity index (χ1) is 9.95. The van der Waals surface area contributed by atoms with E-state index in [9.17, 15) is 4.79 Å². The molecule has 1 amide bonds. The molecule has 0 aliphatic rings. The summed E-state index contributed by atoms with van der Waals surface area (Å²) >= 11 is 7.32. The van der Waals surface area contributed by atoms with E-state index in [0.717, 1.165) is 4.90 Å². The Morgan fingerprint density at radius 1 is 1.29 bits per heavy atom. The van der Waals surface area contributed by atoms with Gasteiger partial charge in [0.15, 0.2) is 0 Å². The van der Waals surface area contributed by atoms with Gasteiger partial charge in [-0.15, -0.1) is 11.8 Å². The van der Waals surface area contributed by atoms with Crippen LogP contribution in [0.5, 0.6) is 0 Å². The molecular weight excluding hydrogens is 304 g/mol. The van der Waals surface area contributed by atoms with Gasteiger partial charge < -0.3 is 5.32 Å². The zero-order valence-corrected chi connectivity index (χ0v) is 13.8. The van der Waals surface area contributed by atoms with Crippen molar-refractivity contribution in [1.29, 1.82) is 0 Å². The fraction of sp³-hybridized carbons (Fsp3) is 0.250. The Morgan fingerprint density at radius 3 is 2.71 bits per heavy atom. The van der Waals surface area contributed by atoms with E-state index in [-0.39, 0.29) is 11.2 Å². The van der Waals surface area contributed by atoms with Crippen LogP contribution in [0.25, 0.3) is 0 Å². The van der Waals surface area contributed by atoms with Crippen molar-refractivity contribution in [2.75, 3.05) is 5.32 Å². The maximum Gasteiger partial charge on any atom is 0.238 e. The third-order valence-corrected chi connectivity index (χ3v) is 4.48. The van der Waals surface area contributed by atoms with Crippen LogP contribution in [0.1, 0.15) is 18.1 Å². The molecule has 110 valence electrons. The second kappa shape index (κ2) is 6.96. The standard InChI is InChI=1S/C16H17ClN2OS/c1-10-4-5-11(2)14(8-10)21-12(3)16(20)19-15-7-6-13(17)9-18-15/h4-9,12H,1-3H3,(H,18,19,20)/t12-/m1/s1. The molecule has 2 aromatic rings. The van der Waals surface area contributed by atoms with Crippen LogP contribution in [0.4, 0.5) is 5.82 Å². The number of anilines is 1. The van der Waals surface area contributed by atoms with Crippen LogP contribution >= 0.6 is 23.4 Å². The van der Waals surface area contributed by atoms with Crippen LogP contribution < -0.4 is 5.32 Å². The maximum absolute atomic E-state index is 12.2. The van der Waals surface area contributed by atoms with E-state index in [4.69, 9.17) is 11.6 Å². The van der Waals surface area contributed by atoms with E-state index >= 15 is 0 Å². The molecule has 3 nitrogen and oxygen atoms in total. The van der Waals surface area contributed by atoms with Crippen LogP contribution in [0.15, 0.2) is 41.4 Å². The number of benzene rings is 1. The number of hydrogen-bond donors (Lipinski definition) is 1. The number of pyridine rings is 1. The van der Waals surface area contributed by atoms with E-state index < -0.39 is 0 Å². The van der Waals surface area contributed by atoms with Crippen LogP contribution in [0.3, 0.4) is 0 Å². The Hall–Kier alpha value is -1.52. The molecule has 5 heteroatoms. The van der Waals surface area contributed by atoms with Gasteiger partial charge in [-0.1, -0.05) is 29.3 Å². The maximum atomic E-state index is 12.2. The van der Waals surface area contributed by atoms with Gasteiger partial charge in [-0.2, -0.15) is 0 Å². The lowest BCUT2D eigenvalue weighted by molar-refractivity contribution is -0.115. The van der Waals surface area contributed by atoms with Gasteiger partial charge in [0.05, 0.1) is 10.3 Å². The number of aromatic nitrogens is 1. The molecule has 0 aliphatic carbocycles. The molecule has 0 spiro atoms. The summed E-state index contributed by atoms with van der Waals surface area (Å²) in [7, 11) is 0. The molecule has 2 rings (SSSR count). The number of halogens is 1. The zero-order chi connectivity index (χ0) is 15.4.